The van der Waals surface area contributed by atoms with Crippen molar-refractivity contribution >= 4 is 5.97 Å². The van der Waals surface area contributed by atoms with Gasteiger partial charge < -0.3 is 15.2 Å². The van der Waals surface area contributed by atoms with Crippen molar-refractivity contribution in [3.63, 3.8) is 0 Å². The maximum absolute atomic E-state index is 12.9. The minimum Gasteiger partial charge on any atom is -0.464 e. The number of hydrogen-bond donors (Lipinski definition) is 1. The number of halogens is 6. The molecule has 1 aromatic heterocycles. The SMILES string of the molecule is COC(=O)c1ncc(CN)c(C(F)(F)F)c1OC(F)(F)F. The molecule has 5 nitrogen and oxygen atoms in total. The summed E-state index contributed by atoms with van der Waals surface area (Å²) in [5, 5.41) is 0. The van der Waals surface area contributed by atoms with Crippen LogP contribution < -0.4 is 10.5 Å². The van der Waals surface area contributed by atoms with Crippen LogP contribution in [0, 0.1) is 0 Å². The Balaban J connectivity index is 3.66. The summed E-state index contributed by atoms with van der Waals surface area (Å²) in [6, 6.07) is 0. The van der Waals surface area contributed by atoms with Crippen LogP contribution in [-0.4, -0.2) is 24.4 Å². The van der Waals surface area contributed by atoms with Crippen LogP contribution >= 0.6 is 0 Å². The largest absolute Gasteiger partial charge is 0.573 e. The number of pyridine rings is 1. The number of aromatic nitrogens is 1. The standard InChI is InChI=1S/C10H8F6N2O3/c1-20-8(19)6-7(21-10(14,15)16)5(9(11,12)13)4(2-17)3-18-6/h3H,2,17H2,1H3. The van der Waals surface area contributed by atoms with Crippen LogP contribution in [0.2, 0.25) is 0 Å². The van der Waals surface area contributed by atoms with Gasteiger partial charge in [-0.1, -0.05) is 0 Å². The highest BCUT2D eigenvalue weighted by Crippen LogP contribution is 2.42. The number of carbonyl (C=O) groups is 1. The van der Waals surface area contributed by atoms with Gasteiger partial charge in [-0.15, -0.1) is 13.2 Å². The Bertz CT molecular complexity index is 541. The molecule has 2 N–H and O–H groups in total. The van der Waals surface area contributed by atoms with Crippen molar-refractivity contribution in [3.8, 4) is 5.75 Å². The van der Waals surface area contributed by atoms with Gasteiger partial charge in [-0.25, -0.2) is 9.78 Å². The van der Waals surface area contributed by atoms with Crippen LogP contribution in [0.5, 0.6) is 5.75 Å². The third-order valence-corrected chi connectivity index (χ3v) is 2.21. The fourth-order valence-corrected chi connectivity index (χ4v) is 1.45. The van der Waals surface area contributed by atoms with Gasteiger partial charge in [0.2, 0.25) is 0 Å². The van der Waals surface area contributed by atoms with Gasteiger partial charge in [0, 0.05) is 18.3 Å². The Kier molecular flexibility index (Phi) is 4.66. The lowest BCUT2D eigenvalue weighted by Gasteiger charge is -2.19. The summed E-state index contributed by atoms with van der Waals surface area (Å²) in [6.45, 7) is -0.752. The van der Waals surface area contributed by atoms with Crippen molar-refractivity contribution in [2.75, 3.05) is 7.11 Å². The zero-order valence-corrected chi connectivity index (χ0v) is 10.3. The van der Waals surface area contributed by atoms with Gasteiger partial charge in [-0.05, 0) is 0 Å². The Labute approximate surface area is 113 Å². The van der Waals surface area contributed by atoms with Crippen LogP contribution in [0.15, 0.2) is 6.20 Å². The Hall–Kier alpha value is -2.04. The van der Waals surface area contributed by atoms with E-state index in [2.05, 4.69) is 14.5 Å². The second-order valence-electron chi connectivity index (χ2n) is 3.58. The predicted molar refractivity (Wildman–Crippen MR) is 55.2 cm³/mol. The van der Waals surface area contributed by atoms with E-state index in [-0.39, 0.29) is 0 Å². The number of nitrogens with two attached hydrogens (primary N) is 1. The minimum absolute atomic E-state index is 0.540. The molecule has 0 spiro atoms. The summed E-state index contributed by atoms with van der Waals surface area (Å²) in [7, 11) is 0.769. The van der Waals surface area contributed by atoms with E-state index in [4.69, 9.17) is 5.73 Å². The quantitative estimate of drug-likeness (QED) is 0.683. The molecule has 0 unspecified atom stereocenters. The van der Waals surface area contributed by atoms with Gasteiger partial charge in [0.05, 0.1) is 7.11 Å². The number of carbonyl (C=O) groups excluding carboxylic acids is 1. The first-order chi connectivity index (χ1) is 9.51. The molecule has 0 fully saturated rings. The topological polar surface area (TPSA) is 74.4 Å². The molecule has 1 heterocycles. The highest BCUT2D eigenvalue weighted by Gasteiger charge is 2.44. The molecule has 0 aliphatic carbocycles. The Morgan fingerprint density at radius 1 is 1.29 bits per heavy atom. The molecule has 0 aliphatic heterocycles. The summed E-state index contributed by atoms with van der Waals surface area (Å²) < 4.78 is 83.1. The second-order valence-corrected chi connectivity index (χ2v) is 3.58. The van der Waals surface area contributed by atoms with Crippen molar-refractivity contribution in [2.24, 2.45) is 5.73 Å². The predicted octanol–water partition coefficient (Wildman–Crippen LogP) is 2.24. The lowest BCUT2D eigenvalue weighted by molar-refractivity contribution is -0.276. The first-order valence-corrected chi connectivity index (χ1v) is 5.14. The molecule has 0 saturated heterocycles. The molecule has 1 rings (SSSR count). The number of methoxy groups -OCH3 is 1. The fraction of sp³-hybridized carbons (Fsp3) is 0.400. The van der Waals surface area contributed by atoms with E-state index in [9.17, 15) is 31.1 Å². The molecule has 0 saturated carbocycles. The fourth-order valence-electron chi connectivity index (χ4n) is 1.45. The highest BCUT2D eigenvalue weighted by atomic mass is 19.4. The molecule has 1 aromatic rings. The molecule has 0 radical (unpaired) electrons. The summed E-state index contributed by atoms with van der Waals surface area (Å²) >= 11 is 0. The van der Waals surface area contributed by atoms with E-state index in [0.29, 0.717) is 6.20 Å². The van der Waals surface area contributed by atoms with Gasteiger partial charge in [0.25, 0.3) is 0 Å². The molecule has 118 valence electrons. The highest BCUT2D eigenvalue weighted by molar-refractivity contribution is 5.91. The molecular weight excluding hydrogens is 310 g/mol. The smallest absolute Gasteiger partial charge is 0.464 e. The molecule has 0 amide bonds. The van der Waals surface area contributed by atoms with Crippen molar-refractivity contribution in [2.45, 2.75) is 19.1 Å². The third kappa shape index (κ3) is 3.97. The molecule has 0 aliphatic rings. The number of esters is 1. The van der Waals surface area contributed by atoms with Gasteiger partial charge in [0.1, 0.15) is 5.56 Å². The number of hydrogen-bond acceptors (Lipinski definition) is 5. The van der Waals surface area contributed by atoms with E-state index in [1.807, 2.05) is 0 Å². The summed E-state index contributed by atoms with van der Waals surface area (Å²) in [6.07, 6.45) is -10.2. The van der Waals surface area contributed by atoms with E-state index < -0.39 is 47.6 Å². The van der Waals surface area contributed by atoms with Crippen LogP contribution in [0.25, 0.3) is 0 Å². The van der Waals surface area contributed by atoms with Crippen molar-refractivity contribution in [3.05, 3.63) is 23.0 Å². The van der Waals surface area contributed by atoms with E-state index in [1.54, 1.807) is 0 Å². The maximum atomic E-state index is 12.9. The Morgan fingerprint density at radius 2 is 1.86 bits per heavy atom. The number of alkyl halides is 6. The van der Waals surface area contributed by atoms with Crippen molar-refractivity contribution in [1.29, 1.82) is 0 Å². The molecule has 0 aromatic carbocycles. The summed E-state index contributed by atoms with van der Waals surface area (Å²) in [5.41, 5.74) is 1.22. The van der Waals surface area contributed by atoms with Crippen LogP contribution in [0.1, 0.15) is 21.6 Å². The lowest BCUT2D eigenvalue weighted by Crippen LogP contribution is -2.25. The van der Waals surface area contributed by atoms with Crippen LogP contribution in [-0.2, 0) is 17.5 Å². The second kappa shape index (κ2) is 5.76. The first-order valence-electron chi connectivity index (χ1n) is 5.14. The minimum atomic E-state index is -5.46. The molecule has 21 heavy (non-hydrogen) atoms. The first kappa shape index (κ1) is 17.0. The zero-order chi connectivity index (χ0) is 16.4. The zero-order valence-electron chi connectivity index (χ0n) is 10.3. The van der Waals surface area contributed by atoms with Crippen LogP contribution in [0.3, 0.4) is 0 Å². The van der Waals surface area contributed by atoms with Crippen molar-refractivity contribution in [1.82, 2.24) is 4.98 Å². The van der Waals surface area contributed by atoms with Crippen LogP contribution in [0.4, 0.5) is 26.3 Å². The average molecular weight is 318 g/mol. The monoisotopic (exact) mass is 318 g/mol. The van der Waals surface area contributed by atoms with Gasteiger partial charge in [0.15, 0.2) is 11.4 Å². The average Bonchev–Trinajstić information content (AvgIpc) is 2.33. The normalized spacial score (nSPS) is 12.2. The van der Waals surface area contributed by atoms with Crippen molar-refractivity contribution < 1.29 is 40.6 Å². The van der Waals surface area contributed by atoms with Gasteiger partial charge in [-0.3, -0.25) is 0 Å². The van der Waals surface area contributed by atoms with Gasteiger partial charge in [-0.2, -0.15) is 13.2 Å². The molecule has 11 heteroatoms. The summed E-state index contributed by atoms with van der Waals surface area (Å²) in [5.74, 6) is -3.30. The summed E-state index contributed by atoms with van der Waals surface area (Å²) in [4.78, 5) is 14.5. The van der Waals surface area contributed by atoms with E-state index >= 15 is 0 Å². The number of ether oxygens (including phenoxy) is 2. The number of rotatable bonds is 3. The maximum Gasteiger partial charge on any atom is 0.573 e. The molecule has 0 atom stereocenters. The molecule has 0 bridgehead atoms. The Morgan fingerprint density at radius 3 is 2.24 bits per heavy atom. The van der Waals surface area contributed by atoms with E-state index in [0.717, 1.165) is 7.11 Å². The van der Waals surface area contributed by atoms with E-state index in [1.165, 1.54) is 0 Å². The number of nitrogens with zero attached hydrogens (tertiary/aromatic N) is 1. The van der Waals surface area contributed by atoms with Gasteiger partial charge >= 0.3 is 18.5 Å². The lowest BCUT2D eigenvalue weighted by atomic mass is 10.1. The third-order valence-electron chi connectivity index (χ3n) is 2.21. The molecular formula is C10H8F6N2O3.